The van der Waals surface area contributed by atoms with E-state index in [0.29, 0.717) is 0 Å². The summed E-state index contributed by atoms with van der Waals surface area (Å²) in [7, 11) is 0. The van der Waals surface area contributed by atoms with Crippen molar-refractivity contribution in [3.8, 4) is 0 Å². The Morgan fingerprint density at radius 2 is 1.54 bits per heavy atom. The number of nitrogens with one attached hydrogen (secondary N) is 2. The monoisotopic (exact) mass is 360 g/mol. The van der Waals surface area contributed by atoms with E-state index in [9.17, 15) is 0 Å². The SMILES string of the molecule is CCc1ccc(C2=CC(c3ccc(Cl)cc3)Nc3ccccc3N2)cc1. The zero-order valence-corrected chi connectivity index (χ0v) is 15.4. The molecule has 1 unspecified atom stereocenters. The van der Waals surface area contributed by atoms with Crippen LogP contribution in [0.25, 0.3) is 5.70 Å². The van der Waals surface area contributed by atoms with Crippen molar-refractivity contribution >= 4 is 28.7 Å². The molecule has 0 radical (unpaired) electrons. The minimum Gasteiger partial charge on any atom is -0.373 e. The summed E-state index contributed by atoms with van der Waals surface area (Å²) in [6.45, 7) is 2.18. The van der Waals surface area contributed by atoms with Crippen LogP contribution < -0.4 is 10.6 Å². The molecule has 0 fully saturated rings. The lowest BCUT2D eigenvalue weighted by Crippen LogP contribution is -2.07. The smallest absolute Gasteiger partial charge is 0.0721 e. The van der Waals surface area contributed by atoms with Crippen LogP contribution in [0.3, 0.4) is 0 Å². The molecular formula is C23H21ClN2. The standard InChI is InChI=1S/C23H21ClN2/c1-2-16-7-9-17(10-8-16)22-15-23(18-11-13-19(24)14-12-18)26-21-6-4-3-5-20(21)25-22/h3-15,23,25-26H,2H2,1H3. The highest BCUT2D eigenvalue weighted by Crippen LogP contribution is 2.35. The Kier molecular flexibility index (Phi) is 4.68. The Labute approximate surface area is 159 Å². The molecule has 130 valence electrons. The van der Waals surface area contributed by atoms with Gasteiger partial charge in [-0.2, -0.15) is 0 Å². The van der Waals surface area contributed by atoms with Crippen LogP contribution in [-0.4, -0.2) is 0 Å². The Balaban J connectivity index is 1.78. The van der Waals surface area contributed by atoms with Crippen LogP contribution in [0.5, 0.6) is 0 Å². The highest BCUT2D eigenvalue weighted by atomic mass is 35.5. The van der Waals surface area contributed by atoms with E-state index in [2.05, 4.69) is 72.2 Å². The fourth-order valence-corrected chi connectivity index (χ4v) is 3.34. The van der Waals surface area contributed by atoms with Crippen molar-refractivity contribution in [3.63, 3.8) is 0 Å². The topological polar surface area (TPSA) is 24.1 Å². The number of rotatable bonds is 3. The van der Waals surface area contributed by atoms with Gasteiger partial charge in [0.25, 0.3) is 0 Å². The minimum atomic E-state index is 0.0595. The van der Waals surface area contributed by atoms with Gasteiger partial charge in [0, 0.05) is 10.7 Å². The van der Waals surface area contributed by atoms with Gasteiger partial charge in [0.1, 0.15) is 0 Å². The van der Waals surface area contributed by atoms with Gasteiger partial charge in [0.05, 0.1) is 17.4 Å². The molecule has 26 heavy (non-hydrogen) atoms. The number of aryl methyl sites for hydroxylation is 1. The Hall–Kier alpha value is -2.71. The van der Waals surface area contributed by atoms with E-state index in [4.69, 9.17) is 11.6 Å². The summed E-state index contributed by atoms with van der Waals surface area (Å²) >= 11 is 6.07. The number of benzene rings is 3. The number of hydrogen-bond donors (Lipinski definition) is 2. The fourth-order valence-electron chi connectivity index (χ4n) is 3.22. The van der Waals surface area contributed by atoms with E-state index in [1.165, 1.54) is 16.7 Å². The van der Waals surface area contributed by atoms with Crippen LogP contribution >= 0.6 is 11.6 Å². The average molecular weight is 361 g/mol. The van der Waals surface area contributed by atoms with E-state index in [1.807, 2.05) is 24.3 Å². The molecule has 0 saturated heterocycles. The summed E-state index contributed by atoms with van der Waals surface area (Å²) < 4.78 is 0. The first-order valence-electron chi connectivity index (χ1n) is 8.92. The van der Waals surface area contributed by atoms with Crippen molar-refractivity contribution in [1.29, 1.82) is 0 Å². The van der Waals surface area contributed by atoms with Crippen molar-refractivity contribution in [2.75, 3.05) is 10.6 Å². The molecule has 2 nitrogen and oxygen atoms in total. The molecule has 1 heterocycles. The van der Waals surface area contributed by atoms with Crippen LogP contribution in [0.1, 0.15) is 29.7 Å². The van der Waals surface area contributed by atoms with Crippen molar-refractivity contribution < 1.29 is 0 Å². The lowest BCUT2D eigenvalue weighted by molar-refractivity contribution is 0.992. The van der Waals surface area contributed by atoms with E-state index >= 15 is 0 Å². The molecule has 0 bridgehead atoms. The second-order valence-electron chi connectivity index (χ2n) is 6.47. The molecule has 0 amide bonds. The first-order chi connectivity index (χ1) is 12.7. The average Bonchev–Trinajstić information content (AvgIpc) is 2.88. The van der Waals surface area contributed by atoms with Gasteiger partial charge < -0.3 is 10.6 Å². The molecule has 3 aromatic rings. The van der Waals surface area contributed by atoms with E-state index in [1.54, 1.807) is 0 Å². The molecule has 4 rings (SSSR count). The van der Waals surface area contributed by atoms with Gasteiger partial charge in [0.2, 0.25) is 0 Å². The number of halogens is 1. The van der Waals surface area contributed by atoms with Gasteiger partial charge in [-0.1, -0.05) is 67.1 Å². The van der Waals surface area contributed by atoms with Crippen molar-refractivity contribution in [2.45, 2.75) is 19.4 Å². The van der Waals surface area contributed by atoms with Crippen LogP contribution in [0, 0.1) is 0 Å². The molecule has 0 spiro atoms. The Bertz CT molecular complexity index is 927. The summed E-state index contributed by atoms with van der Waals surface area (Å²) in [5.74, 6) is 0. The Morgan fingerprint density at radius 1 is 0.846 bits per heavy atom. The number of hydrogen-bond acceptors (Lipinski definition) is 2. The second kappa shape index (κ2) is 7.27. The lowest BCUT2D eigenvalue weighted by Gasteiger charge is -2.16. The number of fused-ring (bicyclic) bond motifs is 1. The molecular weight excluding hydrogens is 340 g/mol. The molecule has 1 aliphatic rings. The van der Waals surface area contributed by atoms with Crippen LogP contribution in [0.4, 0.5) is 11.4 Å². The third-order valence-electron chi connectivity index (χ3n) is 4.74. The molecule has 1 atom stereocenters. The third-order valence-corrected chi connectivity index (χ3v) is 5.00. The zero-order valence-electron chi connectivity index (χ0n) is 14.7. The van der Waals surface area contributed by atoms with Crippen molar-refractivity contribution in [3.05, 3.63) is 101 Å². The van der Waals surface area contributed by atoms with Gasteiger partial charge in [-0.15, -0.1) is 0 Å². The maximum atomic E-state index is 6.07. The van der Waals surface area contributed by atoms with Gasteiger partial charge in [-0.3, -0.25) is 0 Å². The summed E-state index contributed by atoms with van der Waals surface area (Å²) in [5.41, 5.74) is 6.97. The van der Waals surface area contributed by atoms with Gasteiger partial charge >= 0.3 is 0 Å². The highest BCUT2D eigenvalue weighted by molar-refractivity contribution is 6.30. The third kappa shape index (κ3) is 3.47. The molecule has 0 saturated carbocycles. The molecule has 3 aromatic carbocycles. The first-order valence-corrected chi connectivity index (χ1v) is 9.30. The Morgan fingerprint density at radius 3 is 2.23 bits per heavy atom. The molecule has 3 heteroatoms. The second-order valence-corrected chi connectivity index (χ2v) is 6.91. The summed E-state index contributed by atoms with van der Waals surface area (Å²) in [5, 5.41) is 7.98. The van der Waals surface area contributed by atoms with E-state index in [0.717, 1.165) is 28.5 Å². The van der Waals surface area contributed by atoms with Crippen molar-refractivity contribution in [2.24, 2.45) is 0 Å². The predicted octanol–water partition coefficient (Wildman–Crippen LogP) is 6.52. The quantitative estimate of drug-likeness (QED) is 0.555. The summed E-state index contributed by atoms with van der Waals surface area (Å²) in [6.07, 6.45) is 3.29. The highest BCUT2D eigenvalue weighted by Gasteiger charge is 2.17. The molecule has 0 aliphatic carbocycles. The summed E-state index contributed by atoms with van der Waals surface area (Å²) in [6, 6.07) is 25.1. The predicted molar refractivity (Wildman–Crippen MR) is 112 cm³/mol. The maximum absolute atomic E-state index is 6.07. The van der Waals surface area contributed by atoms with Gasteiger partial charge in [-0.25, -0.2) is 0 Å². The molecule has 2 N–H and O–H groups in total. The molecule has 1 aliphatic heterocycles. The first kappa shape index (κ1) is 16.7. The number of para-hydroxylation sites is 2. The van der Waals surface area contributed by atoms with Crippen LogP contribution in [0.15, 0.2) is 78.9 Å². The molecule has 0 aromatic heterocycles. The zero-order chi connectivity index (χ0) is 17.9. The fraction of sp³-hybridized carbons (Fsp3) is 0.130. The summed E-state index contributed by atoms with van der Waals surface area (Å²) in [4.78, 5) is 0. The minimum absolute atomic E-state index is 0.0595. The van der Waals surface area contributed by atoms with Crippen LogP contribution in [-0.2, 0) is 6.42 Å². The van der Waals surface area contributed by atoms with Gasteiger partial charge in [0.15, 0.2) is 0 Å². The largest absolute Gasteiger partial charge is 0.373 e. The number of anilines is 2. The van der Waals surface area contributed by atoms with Gasteiger partial charge in [-0.05, 0) is 53.5 Å². The van der Waals surface area contributed by atoms with E-state index in [-0.39, 0.29) is 6.04 Å². The van der Waals surface area contributed by atoms with Crippen LogP contribution in [0.2, 0.25) is 5.02 Å². The lowest BCUT2D eigenvalue weighted by atomic mass is 10.0. The maximum Gasteiger partial charge on any atom is 0.0721 e. The normalized spacial score (nSPS) is 15.9. The van der Waals surface area contributed by atoms with E-state index < -0.39 is 0 Å². The van der Waals surface area contributed by atoms with Crippen molar-refractivity contribution in [1.82, 2.24) is 0 Å².